The van der Waals surface area contributed by atoms with Gasteiger partial charge in [-0.25, -0.2) is 0 Å². The van der Waals surface area contributed by atoms with Gasteiger partial charge in [0.15, 0.2) is 0 Å². The quantitative estimate of drug-likeness (QED) is 0.837. The molecule has 3 nitrogen and oxygen atoms in total. The van der Waals surface area contributed by atoms with E-state index in [9.17, 15) is 4.79 Å². The highest BCUT2D eigenvalue weighted by Crippen LogP contribution is 2.32. The fourth-order valence-corrected chi connectivity index (χ4v) is 3.27. The number of benzene rings is 1. The van der Waals surface area contributed by atoms with Gasteiger partial charge in [0.2, 0.25) is 5.91 Å². The van der Waals surface area contributed by atoms with Crippen molar-refractivity contribution >= 4 is 5.91 Å². The minimum atomic E-state index is 0.127. The first kappa shape index (κ1) is 14.8. The fourth-order valence-electron chi connectivity index (χ4n) is 3.27. The average molecular weight is 294 g/mol. The molecule has 0 spiro atoms. The molecule has 1 unspecified atom stereocenters. The Morgan fingerprint density at radius 3 is 2.73 bits per heavy atom. The van der Waals surface area contributed by atoms with Gasteiger partial charge >= 0.3 is 0 Å². The summed E-state index contributed by atoms with van der Waals surface area (Å²) in [4.78, 5) is 18.6. The van der Waals surface area contributed by atoms with Gasteiger partial charge in [0.1, 0.15) is 0 Å². The lowest BCUT2D eigenvalue weighted by Gasteiger charge is -2.23. The Kier molecular flexibility index (Phi) is 3.97. The average Bonchev–Trinajstić information content (AvgIpc) is 3.00. The maximum Gasteiger partial charge on any atom is 0.220 e. The van der Waals surface area contributed by atoms with Gasteiger partial charge < -0.3 is 4.90 Å². The number of pyridine rings is 1. The number of carbonyl (C=O) groups excluding carboxylic acids is 1. The molecule has 1 amide bonds. The van der Waals surface area contributed by atoms with Crippen LogP contribution < -0.4 is 0 Å². The third kappa shape index (κ3) is 2.63. The molecular weight excluding hydrogens is 272 g/mol. The van der Waals surface area contributed by atoms with Crippen molar-refractivity contribution in [2.45, 2.75) is 39.7 Å². The molecular formula is C19H22N2O. The summed E-state index contributed by atoms with van der Waals surface area (Å²) < 4.78 is 0. The lowest BCUT2D eigenvalue weighted by molar-refractivity contribution is -0.129. The maximum absolute atomic E-state index is 11.8. The van der Waals surface area contributed by atoms with Gasteiger partial charge in [-0.1, -0.05) is 24.3 Å². The summed E-state index contributed by atoms with van der Waals surface area (Å²) in [6, 6.07) is 12.6. The second kappa shape index (κ2) is 5.91. The predicted octanol–water partition coefficient (Wildman–Crippen LogP) is 4.05. The van der Waals surface area contributed by atoms with E-state index in [0.29, 0.717) is 0 Å². The minimum Gasteiger partial charge on any atom is -0.334 e. The van der Waals surface area contributed by atoms with Crippen LogP contribution in [0.15, 0.2) is 36.4 Å². The van der Waals surface area contributed by atoms with E-state index < -0.39 is 0 Å². The smallest absolute Gasteiger partial charge is 0.220 e. The summed E-state index contributed by atoms with van der Waals surface area (Å²) in [6.07, 6.45) is 2.06. The van der Waals surface area contributed by atoms with E-state index in [1.165, 1.54) is 16.7 Å². The number of amides is 1. The molecule has 3 rings (SSSR count). The van der Waals surface area contributed by atoms with Crippen LogP contribution in [0.1, 0.15) is 42.6 Å². The summed E-state index contributed by atoms with van der Waals surface area (Å²) in [5, 5.41) is 0. The summed E-state index contributed by atoms with van der Waals surface area (Å²) in [5.41, 5.74) is 5.72. The van der Waals surface area contributed by atoms with Crippen LogP contribution in [0.2, 0.25) is 0 Å². The Labute approximate surface area is 132 Å². The molecule has 3 heteroatoms. The van der Waals surface area contributed by atoms with Crippen molar-refractivity contribution in [1.29, 1.82) is 0 Å². The molecule has 0 saturated carbocycles. The number of aryl methyl sites for hydroxylation is 1. The molecule has 1 fully saturated rings. The zero-order valence-corrected chi connectivity index (χ0v) is 13.5. The fraction of sp³-hybridized carbons (Fsp3) is 0.368. The van der Waals surface area contributed by atoms with Crippen LogP contribution in [-0.4, -0.2) is 22.3 Å². The molecule has 22 heavy (non-hydrogen) atoms. The van der Waals surface area contributed by atoms with Crippen molar-refractivity contribution in [1.82, 2.24) is 9.88 Å². The summed E-state index contributed by atoms with van der Waals surface area (Å²) in [6.45, 7) is 6.75. The first-order valence-electron chi connectivity index (χ1n) is 7.88. The Morgan fingerprint density at radius 1 is 1.18 bits per heavy atom. The largest absolute Gasteiger partial charge is 0.334 e. The predicted molar refractivity (Wildman–Crippen MR) is 88.5 cm³/mol. The van der Waals surface area contributed by atoms with Crippen LogP contribution in [-0.2, 0) is 4.79 Å². The second-order valence-corrected chi connectivity index (χ2v) is 6.07. The molecule has 1 aliphatic heterocycles. The van der Waals surface area contributed by atoms with E-state index in [-0.39, 0.29) is 11.9 Å². The second-order valence-electron chi connectivity index (χ2n) is 6.07. The van der Waals surface area contributed by atoms with Crippen molar-refractivity contribution in [2.75, 3.05) is 6.54 Å². The molecule has 0 aliphatic carbocycles. The van der Waals surface area contributed by atoms with Crippen LogP contribution in [0.25, 0.3) is 11.3 Å². The molecule has 1 saturated heterocycles. The number of rotatable bonds is 2. The lowest BCUT2D eigenvalue weighted by Crippen LogP contribution is -2.28. The summed E-state index contributed by atoms with van der Waals surface area (Å²) in [5.74, 6) is 0.140. The Hall–Kier alpha value is -2.16. The van der Waals surface area contributed by atoms with Crippen LogP contribution in [0.4, 0.5) is 0 Å². The SMILES string of the molecule is CC(=O)N1CCCC1c1cccc(-c2cccc(C)c2C)n1. The number of nitrogens with zero attached hydrogens (tertiary/aromatic N) is 2. The first-order chi connectivity index (χ1) is 10.6. The molecule has 1 aromatic carbocycles. The topological polar surface area (TPSA) is 33.2 Å². The normalized spacial score (nSPS) is 17.8. The van der Waals surface area contributed by atoms with Gasteiger partial charge in [-0.2, -0.15) is 0 Å². The number of hydrogen-bond donors (Lipinski definition) is 0. The van der Waals surface area contributed by atoms with Crippen LogP contribution in [0.3, 0.4) is 0 Å². The molecule has 1 atom stereocenters. The zero-order chi connectivity index (χ0) is 15.7. The van der Waals surface area contributed by atoms with E-state index >= 15 is 0 Å². The van der Waals surface area contributed by atoms with E-state index in [4.69, 9.17) is 4.98 Å². The van der Waals surface area contributed by atoms with E-state index in [1.807, 2.05) is 11.0 Å². The van der Waals surface area contributed by atoms with Crippen molar-refractivity contribution in [3.05, 3.63) is 53.2 Å². The van der Waals surface area contributed by atoms with Gasteiger partial charge in [-0.05, 0) is 49.9 Å². The number of carbonyl (C=O) groups is 1. The Bertz CT molecular complexity index is 708. The van der Waals surface area contributed by atoms with Crippen LogP contribution in [0.5, 0.6) is 0 Å². The van der Waals surface area contributed by atoms with Gasteiger partial charge in [-0.15, -0.1) is 0 Å². The zero-order valence-electron chi connectivity index (χ0n) is 13.5. The minimum absolute atomic E-state index is 0.127. The lowest BCUT2D eigenvalue weighted by atomic mass is 10.00. The van der Waals surface area contributed by atoms with Crippen molar-refractivity contribution < 1.29 is 4.79 Å². The van der Waals surface area contributed by atoms with E-state index in [0.717, 1.165) is 30.8 Å². The summed E-state index contributed by atoms with van der Waals surface area (Å²) >= 11 is 0. The highest BCUT2D eigenvalue weighted by Gasteiger charge is 2.28. The standard InChI is InChI=1S/C19H22N2O/c1-13-7-4-8-16(14(13)2)17-9-5-10-18(20-17)19-11-6-12-21(19)15(3)22/h4-5,7-10,19H,6,11-12H2,1-3H3. The molecule has 114 valence electrons. The van der Waals surface area contributed by atoms with Crippen molar-refractivity contribution in [3.63, 3.8) is 0 Å². The van der Waals surface area contributed by atoms with Gasteiger partial charge in [0.25, 0.3) is 0 Å². The molecule has 0 bridgehead atoms. The molecule has 1 aliphatic rings. The van der Waals surface area contributed by atoms with Gasteiger partial charge in [0.05, 0.1) is 17.4 Å². The molecule has 1 aromatic heterocycles. The first-order valence-corrected chi connectivity index (χ1v) is 7.88. The monoisotopic (exact) mass is 294 g/mol. The number of likely N-dealkylation sites (tertiary alicyclic amines) is 1. The van der Waals surface area contributed by atoms with Crippen LogP contribution in [0, 0.1) is 13.8 Å². The van der Waals surface area contributed by atoms with E-state index in [2.05, 4.69) is 44.2 Å². The van der Waals surface area contributed by atoms with Gasteiger partial charge in [-0.3, -0.25) is 9.78 Å². The third-order valence-corrected chi connectivity index (χ3v) is 4.65. The third-order valence-electron chi connectivity index (χ3n) is 4.65. The summed E-state index contributed by atoms with van der Waals surface area (Å²) in [7, 11) is 0. The Balaban J connectivity index is 2.00. The van der Waals surface area contributed by atoms with Gasteiger partial charge in [0, 0.05) is 19.0 Å². The number of aromatic nitrogens is 1. The van der Waals surface area contributed by atoms with Crippen LogP contribution >= 0.6 is 0 Å². The molecule has 0 radical (unpaired) electrons. The Morgan fingerprint density at radius 2 is 1.95 bits per heavy atom. The highest BCUT2D eigenvalue weighted by molar-refractivity contribution is 5.74. The van der Waals surface area contributed by atoms with Crippen molar-refractivity contribution in [2.24, 2.45) is 0 Å². The number of hydrogen-bond acceptors (Lipinski definition) is 2. The molecule has 2 heterocycles. The van der Waals surface area contributed by atoms with E-state index in [1.54, 1.807) is 6.92 Å². The highest BCUT2D eigenvalue weighted by atomic mass is 16.2. The molecule has 2 aromatic rings. The van der Waals surface area contributed by atoms with Crippen molar-refractivity contribution in [3.8, 4) is 11.3 Å². The maximum atomic E-state index is 11.8. The molecule has 0 N–H and O–H groups in total.